The summed E-state index contributed by atoms with van der Waals surface area (Å²) >= 11 is 0. The van der Waals surface area contributed by atoms with Gasteiger partial charge in [-0.2, -0.15) is 9.97 Å². The van der Waals surface area contributed by atoms with Gasteiger partial charge in [0.1, 0.15) is 0 Å². The van der Waals surface area contributed by atoms with Crippen molar-refractivity contribution in [3.63, 3.8) is 0 Å². The molecule has 0 aliphatic heterocycles. The molecule has 4 N–H and O–H groups in total. The van der Waals surface area contributed by atoms with Crippen LogP contribution in [0.5, 0.6) is 0 Å². The van der Waals surface area contributed by atoms with Crippen LogP contribution in [0.15, 0.2) is 48.5 Å². The van der Waals surface area contributed by atoms with Crippen LogP contribution in [0.4, 0.5) is 17.3 Å². The first-order valence-corrected chi connectivity index (χ1v) is 7.27. The predicted molar refractivity (Wildman–Crippen MR) is 94.2 cm³/mol. The highest BCUT2D eigenvalue weighted by Crippen LogP contribution is 2.24. The molecular formula is C17H18N6. The van der Waals surface area contributed by atoms with Gasteiger partial charge in [-0.05, 0) is 24.3 Å². The molecule has 0 atom stereocenters. The summed E-state index contributed by atoms with van der Waals surface area (Å²) in [6.07, 6.45) is 0. The second-order valence-corrected chi connectivity index (χ2v) is 5.00. The van der Waals surface area contributed by atoms with Gasteiger partial charge in [0.15, 0.2) is 11.6 Å². The maximum Gasteiger partial charge on any atom is 0.224 e. The van der Waals surface area contributed by atoms with Gasteiger partial charge < -0.3 is 16.4 Å². The topological polar surface area (TPSA) is 88.8 Å². The zero-order valence-electron chi connectivity index (χ0n) is 13.0. The number of benzene rings is 2. The molecule has 2 aromatic carbocycles. The molecule has 0 bridgehead atoms. The van der Waals surface area contributed by atoms with Crippen LogP contribution in [0.25, 0.3) is 22.8 Å². The van der Waals surface area contributed by atoms with Crippen molar-refractivity contribution in [3.05, 3.63) is 48.5 Å². The quantitative estimate of drug-likeness (QED) is 0.687. The first-order chi connectivity index (χ1) is 11.2. The summed E-state index contributed by atoms with van der Waals surface area (Å²) in [6.45, 7) is 0. The lowest BCUT2D eigenvalue weighted by molar-refractivity contribution is 1.08. The van der Waals surface area contributed by atoms with Gasteiger partial charge in [-0.25, -0.2) is 4.98 Å². The lowest BCUT2D eigenvalue weighted by Crippen LogP contribution is -2.02. The molecule has 0 saturated carbocycles. The molecule has 116 valence electrons. The third kappa shape index (κ3) is 3.21. The Morgan fingerprint density at radius 1 is 0.739 bits per heavy atom. The summed E-state index contributed by atoms with van der Waals surface area (Å²) < 4.78 is 0. The van der Waals surface area contributed by atoms with Crippen molar-refractivity contribution >= 4 is 17.3 Å². The Bertz CT molecular complexity index is 765. The lowest BCUT2D eigenvalue weighted by Gasteiger charge is -2.08. The van der Waals surface area contributed by atoms with Crippen molar-refractivity contribution in [1.82, 2.24) is 15.0 Å². The molecule has 3 rings (SSSR count). The van der Waals surface area contributed by atoms with E-state index in [0.717, 1.165) is 22.5 Å². The largest absolute Gasteiger partial charge is 0.388 e. The Kier molecular flexibility index (Phi) is 4.05. The first kappa shape index (κ1) is 14.8. The Hall–Kier alpha value is -3.15. The first-order valence-electron chi connectivity index (χ1n) is 7.27. The SMILES string of the molecule is CNc1cccc(-c2nc(N)nc(-c3cccc(NC)c3)n2)c1. The molecule has 0 spiro atoms. The zero-order valence-corrected chi connectivity index (χ0v) is 13.0. The Morgan fingerprint density at radius 2 is 1.22 bits per heavy atom. The lowest BCUT2D eigenvalue weighted by atomic mass is 10.1. The van der Waals surface area contributed by atoms with Gasteiger partial charge in [0, 0.05) is 36.6 Å². The molecule has 6 nitrogen and oxygen atoms in total. The number of nitrogen functional groups attached to an aromatic ring is 1. The van der Waals surface area contributed by atoms with Crippen molar-refractivity contribution < 1.29 is 0 Å². The fourth-order valence-electron chi connectivity index (χ4n) is 2.28. The average molecular weight is 306 g/mol. The molecule has 1 aromatic heterocycles. The molecule has 3 aromatic rings. The fourth-order valence-corrected chi connectivity index (χ4v) is 2.28. The summed E-state index contributed by atoms with van der Waals surface area (Å²) in [7, 11) is 3.74. The number of hydrogen-bond acceptors (Lipinski definition) is 6. The van der Waals surface area contributed by atoms with E-state index in [9.17, 15) is 0 Å². The maximum absolute atomic E-state index is 5.88. The fraction of sp³-hybridized carbons (Fsp3) is 0.118. The molecule has 23 heavy (non-hydrogen) atoms. The van der Waals surface area contributed by atoms with E-state index < -0.39 is 0 Å². The second-order valence-electron chi connectivity index (χ2n) is 5.00. The molecule has 6 heteroatoms. The molecule has 1 heterocycles. The van der Waals surface area contributed by atoms with Gasteiger partial charge >= 0.3 is 0 Å². The summed E-state index contributed by atoms with van der Waals surface area (Å²) in [5.74, 6) is 1.31. The van der Waals surface area contributed by atoms with E-state index in [1.54, 1.807) is 0 Å². The minimum absolute atomic E-state index is 0.203. The summed E-state index contributed by atoms with van der Waals surface area (Å²) in [4.78, 5) is 13.1. The minimum Gasteiger partial charge on any atom is -0.388 e. The second kappa shape index (κ2) is 6.31. The van der Waals surface area contributed by atoms with Crippen molar-refractivity contribution in [2.75, 3.05) is 30.5 Å². The molecule has 0 aliphatic carbocycles. The molecule has 0 saturated heterocycles. The highest BCUT2D eigenvalue weighted by Gasteiger charge is 2.09. The number of anilines is 3. The normalized spacial score (nSPS) is 10.3. The van der Waals surface area contributed by atoms with E-state index in [2.05, 4.69) is 25.6 Å². The highest BCUT2D eigenvalue weighted by atomic mass is 15.1. The molecule has 0 amide bonds. The van der Waals surface area contributed by atoms with Gasteiger partial charge in [0.25, 0.3) is 0 Å². The average Bonchev–Trinajstić information content (AvgIpc) is 2.61. The molecule has 0 unspecified atom stereocenters. The van der Waals surface area contributed by atoms with E-state index in [1.807, 2.05) is 62.6 Å². The van der Waals surface area contributed by atoms with E-state index in [0.29, 0.717) is 11.6 Å². The van der Waals surface area contributed by atoms with Crippen molar-refractivity contribution in [1.29, 1.82) is 0 Å². The van der Waals surface area contributed by atoms with Crippen LogP contribution in [0.3, 0.4) is 0 Å². The van der Waals surface area contributed by atoms with Crippen molar-refractivity contribution in [2.45, 2.75) is 0 Å². The number of rotatable bonds is 4. The highest BCUT2D eigenvalue weighted by molar-refractivity contribution is 5.67. The van der Waals surface area contributed by atoms with Crippen LogP contribution in [0.2, 0.25) is 0 Å². The zero-order chi connectivity index (χ0) is 16.2. The van der Waals surface area contributed by atoms with Crippen LogP contribution < -0.4 is 16.4 Å². The predicted octanol–water partition coefficient (Wildman–Crippen LogP) is 2.87. The third-order valence-electron chi connectivity index (χ3n) is 3.47. The summed E-state index contributed by atoms with van der Waals surface area (Å²) in [6, 6.07) is 15.7. The minimum atomic E-state index is 0.203. The smallest absolute Gasteiger partial charge is 0.224 e. The van der Waals surface area contributed by atoms with Crippen LogP contribution in [0.1, 0.15) is 0 Å². The number of nitrogens with two attached hydrogens (primary N) is 1. The van der Waals surface area contributed by atoms with Crippen molar-refractivity contribution in [3.8, 4) is 22.8 Å². The number of hydrogen-bond donors (Lipinski definition) is 3. The van der Waals surface area contributed by atoms with Crippen LogP contribution >= 0.6 is 0 Å². The van der Waals surface area contributed by atoms with E-state index in [-0.39, 0.29) is 5.95 Å². The van der Waals surface area contributed by atoms with Crippen LogP contribution in [-0.4, -0.2) is 29.0 Å². The van der Waals surface area contributed by atoms with Gasteiger partial charge in [0.2, 0.25) is 5.95 Å². The van der Waals surface area contributed by atoms with Gasteiger partial charge in [0.05, 0.1) is 0 Å². The Balaban J connectivity index is 2.08. The van der Waals surface area contributed by atoms with E-state index in [4.69, 9.17) is 5.73 Å². The summed E-state index contributed by atoms with van der Waals surface area (Å²) in [5.41, 5.74) is 9.63. The Morgan fingerprint density at radius 3 is 1.65 bits per heavy atom. The van der Waals surface area contributed by atoms with Gasteiger partial charge in [-0.15, -0.1) is 0 Å². The van der Waals surface area contributed by atoms with E-state index >= 15 is 0 Å². The Labute approximate surface area is 134 Å². The van der Waals surface area contributed by atoms with Crippen molar-refractivity contribution in [2.24, 2.45) is 0 Å². The molecule has 0 aliphatic rings. The number of nitrogens with zero attached hydrogens (tertiary/aromatic N) is 3. The number of nitrogens with one attached hydrogen (secondary N) is 2. The monoisotopic (exact) mass is 306 g/mol. The maximum atomic E-state index is 5.88. The summed E-state index contributed by atoms with van der Waals surface area (Å²) in [5, 5.41) is 6.20. The molecule has 0 radical (unpaired) electrons. The van der Waals surface area contributed by atoms with Crippen LogP contribution in [-0.2, 0) is 0 Å². The molecular weight excluding hydrogens is 288 g/mol. The third-order valence-corrected chi connectivity index (χ3v) is 3.47. The standard InChI is InChI=1S/C17H18N6/c1-19-13-7-3-5-11(9-13)15-21-16(23-17(18)22-15)12-6-4-8-14(10-12)20-2/h3-10,19-20H,1-2H3,(H2,18,21,22,23). The van der Waals surface area contributed by atoms with Crippen LogP contribution in [0, 0.1) is 0 Å². The van der Waals surface area contributed by atoms with E-state index in [1.165, 1.54) is 0 Å². The number of aromatic nitrogens is 3. The van der Waals surface area contributed by atoms with Gasteiger partial charge in [-0.1, -0.05) is 24.3 Å². The molecule has 0 fully saturated rings. The van der Waals surface area contributed by atoms with Gasteiger partial charge in [-0.3, -0.25) is 0 Å².